The van der Waals surface area contributed by atoms with Crippen molar-refractivity contribution in [2.75, 3.05) is 23.9 Å². The van der Waals surface area contributed by atoms with E-state index in [4.69, 9.17) is 9.88 Å². The molecule has 7 nitrogen and oxygen atoms in total. The molecule has 3 N–H and O–H groups in total. The molecule has 3 aromatic rings. The molecule has 1 amide bonds. The summed E-state index contributed by atoms with van der Waals surface area (Å²) in [5.41, 5.74) is 1.51. The van der Waals surface area contributed by atoms with E-state index in [2.05, 4.69) is 16.3 Å². The minimum absolute atomic E-state index is 0.00197. The molecule has 158 valence electrons. The summed E-state index contributed by atoms with van der Waals surface area (Å²) in [6.45, 7) is 1.21. The van der Waals surface area contributed by atoms with Crippen LogP contribution < -0.4 is 20.1 Å². The van der Waals surface area contributed by atoms with Gasteiger partial charge >= 0.3 is 0 Å². The van der Waals surface area contributed by atoms with Gasteiger partial charge in [-0.05, 0) is 60.0 Å². The first-order valence-electron chi connectivity index (χ1n) is 9.19. The van der Waals surface area contributed by atoms with E-state index in [1.54, 1.807) is 18.4 Å². The quantitative estimate of drug-likeness (QED) is 0.525. The Labute approximate surface area is 180 Å². The topological polar surface area (TPSA) is 102 Å². The summed E-state index contributed by atoms with van der Waals surface area (Å²) in [6.07, 6.45) is 0.272. The molecule has 0 atom stereocenters. The van der Waals surface area contributed by atoms with Gasteiger partial charge in [0.05, 0.1) is 18.6 Å². The Hall–Kier alpha value is -2.88. The van der Waals surface area contributed by atoms with Crippen LogP contribution in [0.1, 0.15) is 11.3 Å². The minimum Gasteiger partial charge on any atom is -0.497 e. The normalized spacial score (nSPS) is 11.1. The number of hydrogen-bond acceptors (Lipinski definition) is 6. The zero-order valence-corrected chi connectivity index (χ0v) is 18.1. The molecule has 0 aliphatic carbocycles. The molecule has 0 radical (unpaired) electrons. The lowest BCUT2D eigenvalue weighted by Gasteiger charge is -2.24. The summed E-state index contributed by atoms with van der Waals surface area (Å²) in [4.78, 5) is 15.8. The molecule has 0 aliphatic rings. The maximum absolute atomic E-state index is 12.4. The Kier molecular flexibility index (Phi) is 7.09. The fourth-order valence-electron chi connectivity index (χ4n) is 2.87. The molecule has 0 bridgehead atoms. The highest BCUT2D eigenvalue weighted by molar-refractivity contribution is 7.89. The average molecular weight is 446 g/mol. The summed E-state index contributed by atoms with van der Waals surface area (Å²) < 4.78 is 27.9. The molecule has 2 aromatic carbocycles. The number of sulfonamides is 1. The van der Waals surface area contributed by atoms with Crippen LogP contribution in [-0.2, 0) is 21.4 Å². The van der Waals surface area contributed by atoms with Crippen molar-refractivity contribution < 1.29 is 17.9 Å². The molecule has 0 unspecified atom stereocenters. The van der Waals surface area contributed by atoms with Crippen LogP contribution in [0.3, 0.4) is 0 Å². The number of hydrogen-bond donors (Lipinski definition) is 2. The SMILES string of the molecule is COc1ccc(N(CCC(=O)Nc2ccc(S(N)(=O)=O)cc2)Cc2cccs2)cc1. The van der Waals surface area contributed by atoms with Gasteiger partial charge in [-0.15, -0.1) is 11.3 Å². The van der Waals surface area contributed by atoms with Crippen LogP contribution in [0.25, 0.3) is 0 Å². The van der Waals surface area contributed by atoms with E-state index in [1.807, 2.05) is 35.7 Å². The third-order valence-electron chi connectivity index (χ3n) is 4.44. The number of anilines is 2. The number of nitrogens with one attached hydrogen (secondary N) is 1. The number of carbonyl (C=O) groups excluding carboxylic acids is 1. The fourth-order valence-corrected chi connectivity index (χ4v) is 4.11. The first kappa shape index (κ1) is 21.8. The van der Waals surface area contributed by atoms with Crippen molar-refractivity contribution in [3.8, 4) is 5.75 Å². The highest BCUT2D eigenvalue weighted by Crippen LogP contribution is 2.23. The second kappa shape index (κ2) is 9.75. The van der Waals surface area contributed by atoms with E-state index in [0.717, 1.165) is 11.4 Å². The first-order chi connectivity index (χ1) is 14.3. The van der Waals surface area contributed by atoms with Gasteiger partial charge in [0.2, 0.25) is 15.9 Å². The van der Waals surface area contributed by atoms with Crippen molar-refractivity contribution in [3.63, 3.8) is 0 Å². The molecular weight excluding hydrogens is 422 g/mol. The highest BCUT2D eigenvalue weighted by atomic mass is 32.2. The smallest absolute Gasteiger partial charge is 0.238 e. The number of benzene rings is 2. The number of amides is 1. The van der Waals surface area contributed by atoms with E-state index in [1.165, 1.54) is 29.1 Å². The van der Waals surface area contributed by atoms with Crippen LogP contribution in [0, 0.1) is 0 Å². The molecule has 0 spiro atoms. The van der Waals surface area contributed by atoms with Crippen LogP contribution in [0.5, 0.6) is 5.75 Å². The molecule has 0 aliphatic heterocycles. The van der Waals surface area contributed by atoms with Gasteiger partial charge in [-0.1, -0.05) is 6.07 Å². The van der Waals surface area contributed by atoms with Crippen molar-refractivity contribution in [1.82, 2.24) is 0 Å². The Morgan fingerprint density at radius 1 is 1.10 bits per heavy atom. The van der Waals surface area contributed by atoms with E-state index in [0.29, 0.717) is 18.8 Å². The van der Waals surface area contributed by atoms with Crippen molar-refractivity contribution in [2.45, 2.75) is 17.9 Å². The van der Waals surface area contributed by atoms with Crippen LogP contribution in [0.2, 0.25) is 0 Å². The number of ether oxygens (including phenoxy) is 1. The molecule has 30 heavy (non-hydrogen) atoms. The van der Waals surface area contributed by atoms with Crippen LogP contribution in [0.4, 0.5) is 11.4 Å². The Balaban J connectivity index is 1.64. The Bertz CT molecular complexity index is 1060. The molecule has 0 fully saturated rings. The lowest BCUT2D eigenvalue weighted by atomic mass is 10.2. The van der Waals surface area contributed by atoms with Gasteiger partial charge in [0.1, 0.15) is 5.75 Å². The van der Waals surface area contributed by atoms with Crippen molar-refractivity contribution in [3.05, 3.63) is 70.9 Å². The number of carbonyl (C=O) groups is 1. The maximum atomic E-state index is 12.4. The number of thiophene rings is 1. The van der Waals surface area contributed by atoms with Crippen LogP contribution in [0.15, 0.2) is 70.9 Å². The molecule has 0 saturated heterocycles. The molecular formula is C21H23N3O4S2. The van der Waals surface area contributed by atoms with E-state index in [9.17, 15) is 13.2 Å². The van der Waals surface area contributed by atoms with Crippen molar-refractivity contribution in [2.24, 2.45) is 5.14 Å². The van der Waals surface area contributed by atoms with Crippen LogP contribution >= 0.6 is 11.3 Å². The van der Waals surface area contributed by atoms with Crippen LogP contribution in [-0.4, -0.2) is 28.0 Å². The Morgan fingerprint density at radius 2 is 1.80 bits per heavy atom. The summed E-state index contributed by atoms with van der Waals surface area (Å²) >= 11 is 1.67. The number of primary sulfonamides is 1. The number of nitrogens with two attached hydrogens (primary N) is 1. The molecule has 1 heterocycles. The van der Waals surface area contributed by atoms with Crippen molar-refractivity contribution in [1.29, 1.82) is 0 Å². The predicted octanol–water partition coefficient (Wildman–Crippen LogP) is 3.44. The molecule has 3 rings (SSSR count). The van der Waals surface area contributed by atoms with Gasteiger partial charge < -0.3 is 15.0 Å². The minimum atomic E-state index is -3.76. The fraction of sp³-hybridized carbons (Fsp3) is 0.190. The Morgan fingerprint density at radius 3 is 2.37 bits per heavy atom. The maximum Gasteiger partial charge on any atom is 0.238 e. The second-order valence-electron chi connectivity index (χ2n) is 6.57. The largest absolute Gasteiger partial charge is 0.497 e. The lowest BCUT2D eigenvalue weighted by molar-refractivity contribution is -0.116. The second-order valence-corrected chi connectivity index (χ2v) is 9.16. The highest BCUT2D eigenvalue weighted by Gasteiger charge is 2.12. The lowest BCUT2D eigenvalue weighted by Crippen LogP contribution is -2.27. The van der Waals surface area contributed by atoms with Crippen molar-refractivity contribution >= 4 is 38.6 Å². The standard InChI is InChI=1S/C21H23N3O4S2/c1-28-18-8-6-17(7-9-18)24(15-19-3-2-14-29-19)13-12-21(25)23-16-4-10-20(11-5-16)30(22,26)27/h2-11,14H,12-13,15H2,1H3,(H,23,25)(H2,22,26,27). The zero-order valence-electron chi connectivity index (χ0n) is 16.4. The van der Waals surface area contributed by atoms with Gasteiger partial charge in [0.15, 0.2) is 0 Å². The molecule has 9 heteroatoms. The van der Waals surface area contributed by atoms with Gasteiger partial charge in [-0.3, -0.25) is 4.79 Å². The van der Waals surface area contributed by atoms with Gasteiger partial charge in [0.25, 0.3) is 0 Å². The predicted molar refractivity (Wildman–Crippen MR) is 119 cm³/mol. The summed E-state index contributed by atoms with van der Waals surface area (Å²) in [5.74, 6) is 0.610. The monoisotopic (exact) mass is 445 g/mol. The molecule has 1 aromatic heterocycles. The third-order valence-corrected chi connectivity index (χ3v) is 6.23. The number of nitrogens with zero attached hydrogens (tertiary/aromatic N) is 1. The third kappa shape index (κ3) is 6.06. The van der Waals surface area contributed by atoms with E-state index >= 15 is 0 Å². The van der Waals surface area contributed by atoms with Gasteiger partial charge in [-0.25, -0.2) is 13.6 Å². The summed E-state index contributed by atoms with van der Waals surface area (Å²) in [6, 6.07) is 17.6. The van der Waals surface area contributed by atoms with Gasteiger partial charge in [0, 0.05) is 29.2 Å². The van der Waals surface area contributed by atoms with Gasteiger partial charge in [-0.2, -0.15) is 0 Å². The number of rotatable bonds is 9. The summed E-state index contributed by atoms with van der Waals surface area (Å²) in [5, 5.41) is 9.90. The number of methoxy groups -OCH3 is 1. The first-order valence-corrected chi connectivity index (χ1v) is 11.6. The van der Waals surface area contributed by atoms with E-state index < -0.39 is 10.0 Å². The average Bonchev–Trinajstić information content (AvgIpc) is 3.24. The summed E-state index contributed by atoms with van der Waals surface area (Å²) in [7, 11) is -2.13. The van der Waals surface area contributed by atoms with E-state index in [-0.39, 0.29) is 17.2 Å². The zero-order chi connectivity index (χ0) is 21.6. The molecule has 0 saturated carbocycles.